The van der Waals surface area contributed by atoms with E-state index in [0.29, 0.717) is 82.0 Å². The van der Waals surface area contributed by atoms with E-state index in [1.807, 2.05) is 6.07 Å². The van der Waals surface area contributed by atoms with Crippen molar-refractivity contribution in [2.45, 2.75) is 170 Å². The van der Waals surface area contributed by atoms with E-state index in [-0.39, 0.29) is 147 Å². The van der Waals surface area contributed by atoms with Gasteiger partial charge in [0.2, 0.25) is 17.7 Å². The van der Waals surface area contributed by atoms with Gasteiger partial charge in [-0.25, -0.2) is 14.6 Å². The Hall–Kier alpha value is -5.59. The van der Waals surface area contributed by atoms with Gasteiger partial charge in [0, 0.05) is 86.3 Å². The summed E-state index contributed by atoms with van der Waals surface area (Å²) in [4.78, 5) is 98.6. The Kier molecular flexibility index (Phi) is 22.0. The van der Waals surface area contributed by atoms with Crippen LogP contribution in [0.5, 0.6) is 5.75 Å². The van der Waals surface area contributed by atoms with Crippen LogP contribution in [0.4, 0.5) is 4.79 Å². The summed E-state index contributed by atoms with van der Waals surface area (Å²) in [5.41, 5.74) is 1.32. The number of ketones is 2. The van der Waals surface area contributed by atoms with Crippen molar-refractivity contribution in [2.24, 2.45) is 51.8 Å². The van der Waals surface area contributed by atoms with Gasteiger partial charge >= 0.3 is 12.1 Å². The number of Topliss-reactive ketones (excluding diaryl/α,β-unsaturated/α-hetero) is 2. The number of allylic oxidation sites excluding steroid dienone is 4. The number of fused-ring (bicyclic) bond motifs is 6. The SMILES string of the molecule is CC1=C(C)C(=O)C(C(C)(C)CC(=O)N(C)CCN(CCOCCOCCC(=O)NCCCCC(NC(=O)CC[C@@H](C)C2CC[C@H]3[C@@H]4[C@H](O)C[C@@H]5C[C@H](O)CC[C@]5(C)[C@H]4CC[C@]23C)C(=O)O)C(=O)Oc2ccc3nc(C#N)sc3c2)=C(C)C1=O. The minimum absolute atomic E-state index is 0.0559. The number of aliphatic hydroxyl groups excluding tert-OH is 2. The number of hydrogen-bond acceptors (Lipinski definition) is 15. The summed E-state index contributed by atoms with van der Waals surface area (Å²) in [6.45, 7) is 16.6. The number of nitrogens with zero attached hydrogens (tertiary/aromatic N) is 4. The zero-order valence-corrected chi connectivity index (χ0v) is 51.1. The smallest absolute Gasteiger partial charge is 0.415 e. The molecule has 0 bridgehead atoms. The van der Waals surface area contributed by atoms with Crippen molar-refractivity contribution in [1.82, 2.24) is 25.4 Å². The van der Waals surface area contributed by atoms with Crippen molar-refractivity contribution in [3.05, 3.63) is 45.5 Å². The second kappa shape index (κ2) is 28.1. The summed E-state index contributed by atoms with van der Waals surface area (Å²) in [5.74, 6) is 0.163. The number of aliphatic hydroxyl groups is 2. The molecule has 83 heavy (non-hydrogen) atoms. The number of ether oxygens (including phenoxy) is 3. The molecule has 5 N–H and O–H groups in total. The van der Waals surface area contributed by atoms with Crippen molar-refractivity contribution < 1.29 is 63.1 Å². The molecular weight excluding hydrogens is 1080 g/mol. The number of thiazole rings is 1. The van der Waals surface area contributed by atoms with E-state index in [9.17, 15) is 54.1 Å². The monoisotopic (exact) mass is 1170 g/mol. The second-order valence-corrected chi connectivity index (χ2v) is 26.7. The zero-order chi connectivity index (χ0) is 60.6. The molecule has 4 fully saturated rings. The van der Waals surface area contributed by atoms with Crippen molar-refractivity contribution in [1.29, 1.82) is 5.26 Å². The van der Waals surface area contributed by atoms with Gasteiger partial charge in [-0.1, -0.05) is 34.6 Å². The Morgan fingerprint density at radius 2 is 1.55 bits per heavy atom. The van der Waals surface area contributed by atoms with E-state index in [4.69, 9.17) is 14.2 Å². The molecule has 4 amide bonds. The van der Waals surface area contributed by atoms with Crippen LogP contribution in [0.15, 0.2) is 40.5 Å². The molecule has 2 unspecified atom stereocenters. The van der Waals surface area contributed by atoms with Crippen LogP contribution >= 0.6 is 11.3 Å². The number of carboxylic acids is 1. The summed E-state index contributed by atoms with van der Waals surface area (Å²) < 4.78 is 17.8. The van der Waals surface area contributed by atoms with Crippen LogP contribution in [-0.2, 0) is 38.2 Å². The molecule has 0 spiro atoms. The number of rotatable bonds is 27. The Labute approximate surface area is 493 Å². The van der Waals surface area contributed by atoms with Gasteiger partial charge < -0.3 is 50.0 Å². The van der Waals surface area contributed by atoms with E-state index in [0.717, 1.165) is 51.4 Å². The predicted molar refractivity (Wildman–Crippen MR) is 313 cm³/mol. The van der Waals surface area contributed by atoms with E-state index in [1.54, 1.807) is 59.9 Å². The molecule has 0 aliphatic heterocycles. The van der Waals surface area contributed by atoms with Crippen molar-refractivity contribution in [3.63, 3.8) is 0 Å². The van der Waals surface area contributed by atoms with Gasteiger partial charge in [-0.05, 0) is 156 Å². The molecule has 19 nitrogen and oxygen atoms in total. The highest BCUT2D eigenvalue weighted by atomic mass is 32.1. The lowest BCUT2D eigenvalue weighted by molar-refractivity contribution is -0.174. The number of carboxylic acid groups (broad SMARTS) is 1. The number of aromatic nitrogens is 1. The van der Waals surface area contributed by atoms with Crippen LogP contribution in [-0.4, -0.2) is 149 Å². The molecule has 20 heteroatoms. The third kappa shape index (κ3) is 15.3. The molecule has 4 saturated carbocycles. The Balaban J connectivity index is 0.776. The van der Waals surface area contributed by atoms with Gasteiger partial charge in [-0.3, -0.25) is 24.0 Å². The van der Waals surface area contributed by atoms with Gasteiger partial charge in [0.1, 0.15) is 17.9 Å². The first-order chi connectivity index (χ1) is 39.3. The number of unbranched alkanes of at least 4 members (excludes halogenated alkanes) is 1. The van der Waals surface area contributed by atoms with Crippen LogP contribution in [0.2, 0.25) is 0 Å². The van der Waals surface area contributed by atoms with E-state index >= 15 is 0 Å². The summed E-state index contributed by atoms with van der Waals surface area (Å²) in [7, 11) is 1.60. The molecule has 1 aromatic heterocycles. The second-order valence-electron chi connectivity index (χ2n) is 25.6. The third-order valence-corrected chi connectivity index (χ3v) is 20.9. The van der Waals surface area contributed by atoms with E-state index in [2.05, 4.69) is 36.4 Å². The fourth-order valence-electron chi connectivity index (χ4n) is 15.1. The number of likely N-dealkylation sites (N-methyl/N-ethyl adjacent to an activating group) is 1. The van der Waals surface area contributed by atoms with Crippen LogP contribution in [0.1, 0.15) is 157 Å². The lowest BCUT2D eigenvalue weighted by atomic mass is 9.43. The molecule has 2 aromatic rings. The Bertz CT molecular complexity index is 2840. The molecule has 1 aromatic carbocycles. The topological polar surface area (TPSA) is 275 Å². The van der Waals surface area contributed by atoms with Crippen LogP contribution < -0.4 is 15.4 Å². The highest BCUT2D eigenvalue weighted by Gasteiger charge is 2.63. The minimum Gasteiger partial charge on any atom is -0.480 e. The normalized spacial score (nSPS) is 26.8. The maximum absolute atomic E-state index is 13.6. The standard InChI is InChI=1S/C63H90N6O13S/c1-37(44-15-16-45-55-46(20-23-63(44,45)8)62(7)22-19-42(70)32-41(62)33-49(55)71)13-18-52(73)66-48(59(77)78)12-10-11-24-65-51(72)21-28-80-30-31-81-29-27-69(60(79)82-43-14-17-47-50(34-43)83-53(36-64)67-47)26-25-68(9)54(74)35-61(5,6)56-40(4)57(75)38(2)39(3)58(56)76/h14,17,34,37,41-42,44-46,48-49,55,70-71H,10-13,15-16,18-33,35H2,1-9H3,(H,65,72)(H,66,73)(H,77,78)/t37-,41+,42-,44?,45+,46+,48?,49-,55+,62+,63-/m1/s1. The lowest BCUT2D eigenvalue weighted by Crippen LogP contribution is -2.58. The van der Waals surface area contributed by atoms with Gasteiger partial charge in [-0.15, -0.1) is 11.3 Å². The third-order valence-electron chi connectivity index (χ3n) is 20.0. The highest BCUT2D eigenvalue weighted by molar-refractivity contribution is 7.19. The Morgan fingerprint density at radius 3 is 2.28 bits per heavy atom. The molecule has 0 saturated heterocycles. The highest BCUT2D eigenvalue weighted by Crippen LogP contribution is 2.68. The van der Waals surface area contributed by atoms with Gasteiger partial charge in [0.25, 0.3) is 0 Å². The zero-order valence-electron chi connectivity index (χ0n) is 50.3. The fraction of sp³-hybridized carbons (Fsp3) is 0.698. The van der Waals surface area contributed by atoms with E-state index in [1.165, 1.54) is 21.1 Å². The number of hydrogen-bond donors (Lipinski definition) is 5. The van der Waals surface area contributed by atoms with Crippen LogP contribution in [0, 0.1) is 63.1 Å². The molecule has 1 heterocycles. The summed E-state index contributed by atoms with van der Waals surface area (Å²) in [6, 6.07) is 5.86. The molecule has 7 rings (SSSR count). The number of amides is 4. The number of nitrogens with one attached hydrogen (secondary N) is 2. The van der Waals surface area contributed by atoms with Gasteiger partial charge in [0.15, 0.2) is 16.6 Å². The Morgan fingerprint density at radius 1 is 0.855 bits per heavy atom. The first-order valence-electron chi connectivity index (χ1n) is 30.1. The van der Waals surface area contributed by atoms with Crippen LogP contribution in [0.25, 0.3) is 10.2 Å². The molecule has 456 valence electrons. The van der Waals surface area contributed by atoms with Crippen molar-refractivity contribution >= 4 is 62.9 Å². The number of benzene rings is 1. The minimum atomic E-state index is -1.09. The number of aliphatic carboxylic acids is 1. The number of carbonyl (C=O) groups excluding carboxylic acids is 6. The van der Waals surface area contributed by atoms with Crippen molar-refractivity contribution in [2.75, 3.05) is 59.7 Å². The fourth-order valence-corrected chi connectivity index (χ4v) is 15.9. The molecule has 11 atom stereocenters. The first kappa shape index (κ1) is 65.0. The quantitative estimate of drug-likeness (QED) is 0.0415. The van der Waals surface area contributed by atoms with E-state index < -0.39 is 23.5 Å². The summed E-state index contributed by atoms with van der Waals surface area (Å²) in [5, 5.41) is 47.2. The van der Waals surface area contributed by atoms with Crippen LogP contribution in [0.3, 0.4) is 0 Å². The van der Waals surface area contributed by atoms with Gasteiger partial charge in [0.05, 0.1) is 48.9 Å². The molecule has 0 radical (unpaired) electrons. The van der Waals surface area contributed by atoms with Gasteiger partial charge in [-0.2, -0.15) is 5.26 Å². The summed E-state index contributed by atoms with van der Waals surface area (Å²) >= 11 is 1.17. The average molecular weight is 1170 g/mol. The predicted octanol–water partition coefficient (Wildman–Crippen LogP) is 8.33. The average Bonchev–Trinajstić information content (AvgIpc) is 4.28. The first-order valence-corrected chi connectivity index (χ1v) is 30.9. The molecule has 5 aliphatic rings. The maximum atomic E-state index is 13.6. The lowest BCUT2D eigenvalue weighted by Gasteiger charge is -2.62. The van der Waals surface area contributed by atoms with Crippen molar-refractivity contribution in [3.8, 4) is 11.8 Å². The summed E-state index contributed by atoms with van der Waals surface area (Å²) in [6.07, 6.45) is 8.71. The molecular formula is C63H90N6O13S. The largest absolute Gasteiger partial charge is 0.480 e. The number of nitriles is 1. The maximum Gasteiger partial charge on any atom is 0.415 e. The number of carbonyl (C=O) groups is 7. The molecule has 5 aliphatic carbocycles.